The number of nitrogens with one attached hydrogen (secondary N) is 1. The topological polar surface area (TPSA) is 55.1 Å². The second kappa shape index (κ2) is 4.42. The number of halogens is 3. The number of nitrogens with two attached hydrogens (primary N) is 1. The Kier molecular flexibility index (Phi) is 3.41. The zero-order valence-corrected chi connectivity index (χ0v) is 8.56. The number of carbonyl (C=O) groups is 1. The van der Waals surface area contributed by atoms with Gasteiger partial charge in [0.1, 0.15) is 6.42 Å². The van der Waals surface area contributed by atoms with Gasteiger partial charge in [-0.25, -0.2) is 0 Å². The van der Waals surface area contributed by atoms with Crippen LogP contribution < -0.4 is 11.1 Å². The molecule has 3 nitrogen and oxygen atoms in total. The van der Waals surface area contributed by atoms with Crippen LogP contribution in [-0.4, -0.2) is 12.1 Å². The van der Waals surface area contributed by atoms with Crippen LogP contribution in [0.3, 0.4) is 0 Å². The van der Waals surface area contributed by atoms with E-state index in [2.05, 4.69) is 5.32 Å². The van der Waals surface area contributed by atoms with Crippen molar-refractivity contribution >= 4 is 17.3 Å². The largest absolute Gasteiger partial charge is 0.398 e. The van der Waals surface area contributed by atoms with Gasteiger partial charge in [-0.3, -0.25) is 4.79 Å². The summed E-state index contributed by atoms with van der Waals surface area (Å²) in [6.45, 7) is 1.76. The monoisotopic (exact) mass is 232 g/mol. The first-order valence-corrected chi connectivity index (χ1v) is 4.50. The van der Waals surface area contributed by atoms with Gasteiger partial charge in [0, 0.05) is 11.4 Å². The number of anilines is 2. The predicted molar refractivity (Wildman–Crippen MR) is 54.9 cm³/mol. The average molecular weight is 232 g/mol. The second-order valence-electron chi connectivity index (χ2n) is 3.41. The van der Waals surface area contributed by atoms with Gasteiger partial charge in [-0.1, -0.05) is 6.07 Å². The van der Waals surface area contributed by atoms with Crippen LogP contribution >= 0.6 is 0 Å². The van der Waals surface area contributed by atoms with E-state index < -0.39 is 18.5 Å². The van der Waals surface area contributed by atoms with E-state index in [1.165, 1.54) is 12.1 Å². The van der Waals surface area contributed by atoms with E-state index in [0.29, 0.717) is 5.69 Å². The Bertz CT molecular complexity index is 402. The summed E-state index contributed by atoms with van der Waals surface area (Å²) in [5, 5.41) is 2.13. The Labute approximate surface area is 90.4 Å². The molecule has 0 heterocycles. The lowest BCUT2D eigenvalue weighted by Crippen LogP contribution is -2.21. The molecule has 0 atom stereocenters. The lowest BCUT2D eigenvalue weighted by Gasteiger charge is -2.09. The molecule has 0 aromatic heterocycles. The molecule has 0 radical (unpaired) electrons. The standard InChI is InChI=1S/C10H11F3N2O/c1-6-2-3-7(4-8(6)14)15-9(16)5-10(11,12)13/h2-4H,5,14H2,1H3,(H,15,16). The number of benzene rings is 1. The minimum Gasteiger partial charge on any atom is -0.398 e. The van der Waals surface area contributed by atoms with Gasteiger partial charge in [0.25, 0.3) is 0 Å². The fourth-order valence-electron chi connectivity index (χ4n) is 1.11. The van der Waals surface area contributed by atoms with Gasteiger partial charge in [0.2, 0.25) is 5.91 Å². The van der Waals surface area contributed by atoms with Crippen molar-refractivity contribution in [3.05, 3.63) is 23.8 Å². The molecule has 0 aliphatic rings. The van der Waals surface area contributed by atoms with Gasteiger partial charge in [-0.05, 0) is 24.6 Å². The van der Waals surface area contributed by atoms with Crippen molar-refractivity contribution in [2.24, 2.45) is 0 Å². The fourth-order valence-corrected chi connectivity index (χ4v) is 1.11. The van der Waals surface area contributed by atoms with Crippen LogP contribution in [0.2, 0.25) is 0 Å². The van der Waals surface area contributed by atoms with Crippen LogP contribution in [-0.2, 0) is 4.79 Å². The molecular weight excluding hydrogens is 221 g/mol. The van der Waals surface area contributed by atoms with E-state index in [4.69, 9.17) is 5.73 Å². The van der Waals surface area contributed by atoms with Gasteiger partial charge in [-0.15, -0.1) is 0 Å². The molecule has 0 spiro atoms. The van der Waals surface area contributed by atoms with E-state index in [0.717, 1.165) is 5.56 Å². The number of rotatable bonds is 2. The third-order valence-electron chi connectivity index (χ3n) is 1.92. The van der Waals surface area contributed by atoms with E-state index in [1.54, 1.807) is 13.0 Å². The Balaban J connectivity index is 2.67. The van der Waals surface area contributed by atoms with Gasteiger partial charge < -0.3 is 11.1 Å². The summed E-state index contributed by atoms with van der Waals surface area (Å²) in [5.41, 5.74) is 7.03. The zero-order chi connectivity index (χ0) is 12.3. The van der Waals surface area contributed by atoms with Crippen molar-refractivity contribution < 1.29 is 18.0 Å². The highest BCUT2D eigenvalue weighted by Gasteiger charge is 2.31. The molecule has 0 unspecified atom stereocenters. The third-order valence-corrected chi connectivity index (χ3v) is 1.92. The summed E-state index contributed by atoms with van der Waals surface area (Å²) in [7, 11) is 0. The fraction of sp³-hybridized carbons (Fsp3) is 0.300. The molecular formula is C10H11F3N2O. The zero-order valence-electron chi connectivity index (χ0n) is 8.56. The highest BCUT2D eigenvalue weighted by atomic mass is 19.4. The first-order valence-electron chi connectivity index (χ1n) is 4.50. The molecule has 88 valence electrons. The van der Waals surface area contributed by atoms with Crippen molar-refractivity contribution in [2.75, 3.05) is 11.1 Å². The molecule has 0 saturated carbocycles. The molecule has 0 fully saturated rings. The maximum absolute atomic E-state index is 11.9. The van der Waals surface area contributed by atoms with Crippen molar-refractivity contribution in [1.29, 1.82) is 0 Å². The van der Waals surface area contributed by atoms with Crippen LogP contribution in [0, 0.1) is 6.92 Å². The van der Waals surface area contributed by atoms with Crippen molar-refractivity contribution in [1.82, 2.24) is 0 Å². The highest BCUT2D eigenvalue weighted by Crippen LogP contribution is 2.21. The Morgan fingerprint density at radius 3 is 2.56 bits per heavy atom. The number of carbonyl (C=O) groups excluding carboxylic acids is 1. The van der Waals surface area contributed by atoms with Crippen molar-refractivity contribution in [2.45, 2.75) is 19.5 Å². The van der Waals surface area contributed by atoms with Crippen LogP contribution in [0.25, 0.3) is 0 Å². The molecule has 0 aliphatic carbocycles. The van der Waals surface area contributed by atoms with Gasteiger partial charge in [-0.2, -0.15) is 13.2 Å². The molecule has 0 aliphatic heterocycles. The van der Waals surface area contributed by atoms with Crippen LogP contribution in [0.1, 0.15) is 12.0 Å². The summed E-state index contributed by atoms with van der Waals surface area (Å²) in [4.78, 5) is 11.0. The molecule has 1 aromatic carbocycles. The van der Waals surface area contributed by atoms with Gasteiger partial charge in [0.15, 0.2) is 0 Å². The normalized spacial score (nSPS) is 11.2. The average Bonchev–Trinajstić information content (AvgIpc) is 2.08. The second-order valence-corrected chi connectivity index (χ2v) is 3.41. The molecule has 16 heavy (non-hydrogen) atoms. The summed E-state index contributed by atoms with van der Waals surface area (Å²) in [6.07, 6.45) is -6.00. The smallest absolute Gasteiger partial charge is 0.397 e. The lowest BCUT2D eigenvalue weighted by atomic mass is 10.2. The summed E-state index contributed by atoms with van der Waals surface area (Å²) in [5.74, 6) is -1.10. The Morgan fingerprint density at radius 2 is 2.06 bits per heavy atom. The predicted octanol–water partition coefficient (Wildman–Crippen LogP) is 2.47. The molecule has 1 aromatic rings. The minimum atomic E-state index is -4.50. The molecule has 3 N–H and O–H groups in total. The first-order chi connectivity index (χ1) is 7.28. The molecule has 1 rings (SSSR count). The SMILES string of the molecule is Cc1ccc(NC(=O)CC(F)(F)F)cc1N. The van der Waals surface area contributed by atoms with Crippen LogP contribution in [0.4, 0.5) is 24.5 Å². The Morgan fingerprint density at radius 1 is 1.44 bits per heavy atom. The van der Waals surface area contributed by atoms with Crippen molar-refractivity contribution in [3.63, 3.8) is 0 Å². The number of hydrogen-bond donors (Lipinski definition) is 2. The number of amides is 1. The number of alkyl halides is 3. The minimum absolute atomic E-state index is 0.261. The number of hydrogen-bond acceptors (Lipinski definition) is 2. The van der Waals surface area contributed by atoms with Gasteiger partial charge in [0.05, 0.1) is 0 Å². The lowest BCUT2D eigenvalue weighted by molar-refractivity contribution is -0.150. The Hall–Kier alpha value is -1.72. The summed E-state index contributed by atoms with van der Waals surface area (Å²) in [6, 6.07) is 4.54. The van der Waals surface area contributed by atoms with E-state index in [-0.39, 0.29) is 5.69 Å². The first kappa shape index (κ1) is 12.4. The third kappa shape index (κ3) is 3.80. The summed E-state index contributed by atoms with van der Waals surface area (Å²) >= 11 is 0. The van der Waals surface area contributed by atoms with E-state index in [9.17, 15) is 18.0 Å². The van der Waals surface area contributed by atoms with Crippen LogP contribution in [0.5, 0.6) is 0 Å². The van der Waals surface area contributed by atoms with E-state index >= 15 is 0 Å². The summed E-state index contributed by atoms with van der Waals surface area (Å²) < 4.78 is 35.6. The molecule has 1 amide bonds. The maximum Gasteiger partial charge on any atom is 0.397 e. The molecule has 0 bridgehead atoms. The molecule has 6 heteroatoms. The quantitative estimate of drug-likeness (QED) is 0.769. The number of aryl methyl sites for hydroxylation is 1. The van der Waals surface area contributed by atoms with Gasteiger partial charge >= 0.3 is 6.18 Å². The van der Waals surface area contributed by atoms with Crippen molar-refractivity contribution in [3.8, 4) is 0 Å². The highest BCUT2D eigenvalue weighted by molar-refractivity contribution is 5.91. The van der Waals surface area contributed by atoms with Crippen LogP contribution in [0.15, 0.2) is 18.2 Å². The maximum atomic E-state index is 11.9. The molecule has 0 saturated heterocycles. The number of nitrogen functional groups attached to an aromatic ring is 1. The van der Waals surface area contributed by atoms with E-state index in [1.807, 2.05) is 0 Å².